The molecule has 4 aromatic rings. The highest BCUT2D eigenvalue weighted by molar-refractivity contribution is 9.10. The average Bonchev–Trinajstić information content (AvgIpc) is 3.44. The molecule has 170 valence electrons. The number of nitrogens with one attached hydrogen (secondary N) is 2. The van der Waals surface area contributed by atoms with E-state index < -0.39 is 11.8 Å². The molecule has 0 aliphatic carbocycles. The van der Waals surface area contributed by atoms with Crippen molar-refractivity contribution >= 4 is 50.4 Å². The number of nitrogens with zero attached hydrogens (tertiary/aromatic N) is 3. The van der Waals surface area contributed by atoms with Crippen molar-refractivity contribution in [2.45, 2.75) is 6.92 Å². The number of rotatable bonds is 8. The number of ether oxygens (including phenoxy) is 2. The largest absolute Gasteiger partial charge is 0.489 e. The summed E-state index contributed by atoms with van der Waals surface area (Å²) < 4.78 is 11.6. The molecule has 0 aliphatic heterocycles. The zero-order valence-corrected chi connectivity index (χ0v) is 19.5. The van der Waals surface area contributed by atoms with Gasteiger partial charge in [0.1, 0.15) is 23.6 Å². The van der Waals surface area contributed by atoms with Crippen molar-refractivity contribution in [2.24, 2.45) is 5.73 Å². The van der Waals surface area contributed by atoms with E-state index in [4.69, 9.17) is 15.2 Å². The van der Waals surface area contributed by atoms with Gasteiger partial charge in [0.2, 0.25) is 5.95 Å². The Kier molecular flexibility index (Phi) is 6.43. The first-order valence-corrected chi connectivity index (χ1v) is 10.7. The number of halogens is 1. The maximum Gasteiger partial charge on any atom is 0.284 e. The van der Waals surface area contributed by atoms with Crippen LogP contribution in [-0.2, 0) is 4.74 Å². The van der Waals surface area contributed by atoms with Crippen molar-refractivity contribution in [1.29, 1.82) is 0 Å². The number of aromatic amines is 2. The molecule has 0 bridgehead atoms. The van der Waals surface area contributed by atoms with Crippen molar-refractivity contribution < 1.29 is 19.1 Å². The first-order chi connectivity index (χ1) is 15.9. The Morgan fingerprint density at radius 1 is 1.21 bits per heavy atom. The fraction of sp³-hybridized carbons (Fsp3) is 0.182. The quantitative estimate of drug-likeness (QED) is 0.309. The Morgan fingerprint density at radius 2 is 2.03 bits per heavy atom. The minimum absolute atomic E-state index is 0.0427. The lowest BCUT2D eigenvalue weighted by Crippen LogP contribution is -2.30. The maximum absolute atomic E-state index is 13.7. The number of aryl methyl sites for hydroxylation is 1. The maximum atomic E-state index is 13.7. The van der Waals surface area contributed by atoms with E-state index in [0.717, 1.165) is 10.0 Å². The number of primary amides is 1. The van der Waals surface area contributed by atoms with Crippen LogP contribution in [0.4, 0.5) is 11.6 Å². The molecule has 0 atom stereocenters. The number of hydrogen-bond acceptors (Lipinski definition) is 6. The molecule has 4 N–H and O–H groups in total. The minimum Gasteiger partial charge on any atom is -0.489 e. The second-order valence-corrected chi connectivity index (χ2v) is 8.03. The Morgan fingerprint density at radius 3 is 2.79 bits per heavy atom. The summed E-state index contributed by atoms with van der Waals surface area (Å²) in [6.45, 7) is 2.64. The standard InChI is InChI=1S/C22H21BrN6O4/c1-12-6-7-13(23)10-15(12)29(21(31)19-18(20(24)30)25-11-26-19)22-27-14-4-3-5-16(17(14)28-22)33-9-8-32-2/h3-7,10-11H,8-9H2,1-2H3,(H2,24,30)(H,25,26)(H,27,28). The van der Waals surface area contributed by atoms with Crippen LogP contribution in [0.1, 0.15) is 26.5 Å². The van der Waals surface area contributed by atoms with E-state index in [1.165, 1.54) is 11.2 Å². The van der Waals surface area contributed by atoms with Gasteiger partial charge in [-0.3, -0.25) is 9.59 Å². The van der Waals surface area contributed by atoms with Crippen LogP contribution >= 0.6 is 15.9 Å². The molecule has 33 heavy (non-hydrogen) atoms. The molecule has 2 aromatic heterocycles. The van der Waals surface area contributed by atoms with Crippen LogP contribution in [-0.4, -0.2) is 52.1 Å². The van der Waals surface area contributed by atoms with Crippen molar-refractivity contribution in [2.75, 3.05) is 25.2 Å². The van der Waals surface area contributed by atoms with E-state index in [1.807, 2.05) is 31.2 Å². The number of hydrogen-bond donors (Lipinski definition) is 3. The summed E-state index contributed by atoms with van der Waals surface area (Å²) in [6.07, 6.45) is 1.25. The summed E-state index contributed by atoms with van der Waals surface area (Å²) in [5.41, 5.74) is 7.81. The number of para-hydroxylation sites is 1. The molecular formula is C22H21BrN6O4. The van der Waals surface area contributed by atoms with Crippen LogP contribution in [0.3, 0.4) is 0 Å². The monoisotopic (exact) mass is 512 g/mol. The van der Waals surface area contributed by atoms with Crippen molar-refractivity contribution in [3.63, 3.8) is 0 Å². The van der Waals surface area contributed by atoms with Gasteiger partial charge < -0.3 is 25.2 Å². The molecule has 2 aromatic carbocycles. The number of nitrogens with two attached hydrogens (primary N) is 1. The van der Waals surface area contributed by atoms with Gasteiger partial charge >= 0.3 is 0 Å². The number of carbonyl (C=O) groups is 2. The van der Waals surface area contributed by atoms with Gasteiger partial charge in [-0.25, -0.2) is 14.9 Å². The number of fused-ring (bicyclic) bond motifs is 1. The van der Waals surface area contributed by atoms with Gasteiger partial charge in [0, 0.05) is 11.6 Å². The molecule has 0 saturated heterocycles. The summed E-state index contributed by atoms with van der Waals surface area (Å²) in [4.78, 5) is 41.4. The van der Waals surface area contributed by atoms with E-state index in [1.54, 1.807) is 19.2 Å². The molecule has 0 saturated carbocycles. The molecule has 0 unspecified atom stereocenters. The van der Waals surface area contributed by atoms with Crippen LogP contribution in [0.2, 0.25) is 0 Å². The van der Waals surface area contributed by atoms with Crippen molar-refractivity contribution in [3.05, 3.63) is 64.1 Å². The number of carbonyl (C=O) groups excluding carboxylic acids is 2. The molecule has 0 spiro atoms. The van der Waals surface area contributed by atoms with Crippen LogP contribution in [0.5, 0.6) is 5.75 Å². The van der Waals surface area contributed by atoms with Gasteiger partial charge in [0.05, 0.1) is 24.1 Å². The zero-order chi connectivity index (χ0) is 23.5. The molecular weight excluding hydrogens is 492 g/mol. The summed E-state index contributed by atoms with van der Waals surface area (Å²) >= 11 is 3.46. The number of imidazole rings is 2. The second kappa shape index (κ2) is 9.43. The number of aromatic nitrogens is 4. The lowest BCUT2D eigenvalue weighted by atomic mass is 10.1. The van der Waals surface area contributed by atoms with E-state index in [0.29, 0.717) is 35.7 Å². The fourth-order valence-corrected chi connectivity index (χ4v) is 3.70. The Hall–Kier alpha value is -3.70. The van der Waals surface area contributed by atoms with Crippen molar-refractivity contribution in [3.8, 4) is 5.75 Å². The Balaban J connectivity index is 1.86. The predicted octanol–water partition coefficient (Wildman–Crippen LogP) is 3.46. The third-order valence-corrected chi connectivity index (χ3v) is 5.42. The van der Waals surface area contributed by atoms with E-state index >= 15 is 0 Å². The van der Waals surface area contributed by atoms with E-state index in [2.05, 4.69) is 35.9 Å². The first kappa shape index (κ1) is 22.5. The van der Waals surface area contributed by atoms with Crippen LogP contribution in [0, 0.1) is 6.92 Å². The summed E-state index contributed by atoms with van der Waals surface area (Å²) in [6, 6.07) is 11.0. The molecule has 0 fully saturated rings. The Labute approximate surface area is 197 Å². The third kappa shape index (κ3) is 4.45. The van der Waals surface area contributed by atoms with Gasteiger partial charge in [0.15, 0.2) is 5.69 Å². The van der Waals surface area contributed by atoms with E-state index in [9.17, 15) is 9.59 Å². The fourth-order valence-electron chi connectivity index (χ4n) is 3.35. The first-order valence-electron chi connectivity index (χ1n) is 9.95. The highest BCUT2D eigenvalue weighted by atomic mass is 79.9. The van der Waals surface area contributed by atoms with Gasteiger partial charge in [-0.2, -0.15) is 0 Å². The number of amides is 2. The topological polar surface area (TPSA) is 139 Å². The molecule has 11 heteroatoms. The molecule has 2 amide bonds. The van der Waals surface area contributed by atoms with Gasteiger partial charge in [-0.15, -0.1) is 0 Å². The van der Waals surface area contributed by atoms with E-state index in [-0.39, 0.29) is 17.3 Å². The number of H-pyrrole nitrogens is 2. The van der Waals surface area contributed by atoms with Crippen LogP contribution in [0.15, 0.2) is 47.2 Å². The predicted molar refractivity (Wildman–Crippen MR) is 126 cm³/mol. The highest BCUT2D eigenvalue weighted by Crippen LogP contribution is 2.34. The number of methoxy groups -OCH3 is 1. The SMILES string of the molecule is COCCOc1cccc2[nH]c(N(C(=O)c3[nH]cnc3C(N)=O)c3cc(Br)ccc3C)nc12. The average molecular weight is 513 g/mol. The zero-order valence-electron chi connectivity index (χ0n) is 17.9. The molecule has 0 radical (unpaired) electrons. The second-order valence-electron chi connectivity index (χ2n) is 7.12. The van der Waals surface area contributed by atoms with Gasteiger partial charge in [0.25, 0.3) is 11.8 Å². The third-order valence-electron chi connectivity index (χ3n) is 4.92. The lowest BCUT2D eigenvalue weighted by molar-refractivity contribution is 0.0961. The smallest absolute Gasteiger partial charge is 0.284 e. The molecule has 2 heterocycles. The van der Waals surface area contributed by atoms with Crippen LogP contribution in [0.25, 0.3) is 11.0 Å². The summed E-state index contributed by atoms with van der Waals surface area (Å²) in [7, 11) is 1.59. The normalized spacial score (nSPS) is 11.0. The highest BCUT2D eigenvalue weighted by Gasteiger charge is 2.29. The lowest BCUT2D eigenvalue weighted by Gasteiger charge is -2.22. The van der Waals surface area contributed by atoms with Crippen LogP contribution < -0.4 is 15.4 Å². The molecule has 0 aliphatic rings. The Bertz CT molecular complexity index is 1330. The summed E-state index contributed by atoms with van der Waals surface area (Å²) in [5, 5.41) is 0. The van der Waals surface area contributed by atoms with Gasteiger partial charge in [-0.05, 0) is 36.8 Å². The molecule has 4 rings (SSSR count). The summed E-state index contributed by atoms with van der Waals surface area (Å²) in [5.74, 6) is -0.582. The van der Waals surface area contributed by atoms with Gasteiger partial charge in [-0.1, -0.05) is 28.1 Å². The minimum atomic E-state index is -0.816. The molecule has 10 nitrogen and oxygen atoms in total. The number of anilines is 2. The number of benzene rings is 2. The van der Waals surface area contributed by atoms with Crippen molar-refractivity contribution in [1.82, 2.24) is 19.9 Å².